The number of benzene rings is 2. The van der Waals surface area contributed by atoms with Crippen LogP contribution in [0.1, 0.15) is 29.7 Å². The van der Waals surface area contributed by atoms with Crippen LogP contribution in [0, 0.1) is 13.8 Å². The summed E-state index contributed by atoms with van der Waals surface area (Å²) >= 11 is 0. The summed E-state index contributed by atoms with van der Waals surface area (Å²) in [5.74, 6) is 3.04. The third kappa shape index (κ3) is 5.11. The molecule has 188 valence electrons. The topological polar surface area (TPSA) is 90.8 Å². The number of nitrogens with one attached hydrogen (secondary N) is 1. The molecule has 0 saturated carbocycles. The van der Waals surface area contributed by atoms with Crippen molar-refractivity contribution in [3.8, 4) is 11.5 Å². The molecule has 37 heavy (non-hydrogen) atoms. The molecule has 4 heterocycles. The molecular formula is C29H29N5O3. The minimum absolute atomic E-state index is 0.107. The van der Waals surface area contributed by atoms with Gasteiger partial charge in [0.25, 0.3) is 0 Å². The predicted octanol–water partition coefficient (Wildman–Crippen LogP) is 5.70. The van der Waals surface area contributed by atoms with Crippen molar-refractivity contribution in [3.05, 3.63) is 77.9 Å². The highest BCUT2D eigenvalue weighted by Crippen LogP contribution is 2.32. The van der Waals surface area contributed by atoms with Crippen molar-refractivity contribution in [2.24, 2.45) is 4.99 Å². The summed E-state index contributed by atoms with van der Waals surface area (Å²) in [7, 11) is 0. The molecule has 0 unspecified atom stereocenters. The molecule has 2 aliphatic rings. The largest absolute Gasteiger partial charge is 0.478 e. The summed E-state index contributed by atoms with van der Waals surface area (Å²) in [5.41, 5.74) is 4.75. The first-order valence-corrected chi connectivity index (χ1v) is 12.6. The van der Waals surface area contributed by atoms with Gasteiger partial charge in [0, 0.05) is 36.4 Å². The second kappa shape index (κ2) is 9.78. The number of aliphatic imine (C=N–C) groups is 1. The predicted molar refractivity (Wildman–Crippen MR) is 143 cm³/mol. The highest BCUT2D eigenvalue weighted by molar-refractivity contribution is 5.92. The van der Waals surface area contributed by atoms with Crippen LogP contribution in [0.25, 0.3) is 10.9 Å². The molecule has 1 saturated heterocycles. The number of rotatable bonds is 6. The van der Waals surface area contributed by atoms with Crippen molar-refractivity contribution < 1.29 is 14.2 Å². The van der Waals surface area contributed by atoms with Crippen LogP contribution < -0.4 is 10.1 Å². The normalized spacial score (nSPS) is 16.4. The van der Waals surface area contributed by atoms with Crippen molar-refractivity contribution >= 4 is 28.3 Å². The average Bonchev–Trinajstić information content (AvgIpc) is 3.28. The van der Waals surface area contributed by atoms with E-state index in [2.05, 4.69) is 32.4 Å². The van der Waals surface area contributed by atoms with Gasteiger partial charge >= 0.3 is 0 Å². The fourth-order valence-corrected chi connectivity index (χ4v) is 4.75. The molecule has 0 bridgehead atoms. The molecule has 6 rings (SSSR count). The van der Waals surface area contributed by atoms with Crippen molar-refractivity contribution in [1.29, 1.82) is 0 Å². The van der Waals surface area contributed by atoms with E-state index in [4.69, 9.17) is 19.2 Å². The highest BCUT2D eigenvalue weighted by atomic mass is 16.5. The zero-order chi connectivity index (χ0) is 25.2. The van der Waals surface area contributed by atoms with Crippen LogP contribution in [-0.2, 0) is 15.9 Å². The van der Waals surface area contributed by atoms with Gasteiger partial charge in [-0.05, 0) is 80.3 Å². The zero-order valence-corrected chi connectivity index (χ0v) is 21.0. The standard InChI is InChI=1S/C29H29N5O3/c1-19-13-22(5-8-26(19)37-23-6-3-20(2)30-16-23)33-28-24-14-21(4-7-25(24)31-18-32-28)15-27-34-29(17-36-27)9-11-35-12-10-29/h3-8,13-14,16,18H,9-12,15,17H2,1-2H3,(H,31,32,33). The second-order valence-electron chi connectivity index (χ2n) is 9.72. The summed E-state index contributed by atoms with van der Waals surface area (Å²) in [6.45, 7) is 6.12. The molecule has 1 fully saturated rings. The van der Waals surface area contributed by atoms with Crippen molar-refractivity contribution in [2.45, 2.75) is 38.6 Å². The summed E-state index contributed by atoms with van der Waals surface area (Å²) in [5, 5.41) is 4.41. The third-order valence-electron chi connectivity index (χ3n) is 6.90. The van der Waals surface area contributed by atoms with Crippen LogP contribution in [-0.4, -0.2) is 46.2 Å². The maximum absolute atomic E-state index is 6.01. The molecule has 2 aliphatic heterocycles. The lowest BCUT2D eigenvalue weighted by Crippen LogP contribution is -2.35. The molecule has 0 atom stereocenters. The Morgan fingerprint density at radius 3 is 2.68 bits per heavy atom. The summed E-state index contributed by atoms with van der Waals surface area (Å²) in [4.78, 5) is 18.2. The molecular weight excluding hydrogens is 466 g/mol. The molecule has 8 nitrogen and oxygen atoms in total. The smallest absolute Gasteiger partial charge is 0.188 e. The fraction of sp³-hybridized carbons (Fsp3) is 0.310. The Morgan fingerprint density at radius 1 is 0.973 bits per heavy atom. The number of hydrogen-bond acceptors (Lipinski definition) is 8. The highest BCUT2D eigenvalue weighted by Gasteiger charge is 2.38. The number of nitrogens with zero attached hydrogens (tertiary/aromatic N) is 4. The van der Waals surface area contributed by atoms with E-state index in [1.54, 1.807) is 12.5 Å². The van der Waals surface area contributed by atoms with Crippen LogP contribution in [0.2, 0.25) is 0 Å². The van der Waals surface area contributed by atoms with Gasteiger partial charge in [0.15, 0.2) is 5.90 Å². The van der Waals surface area contributed by atoms with E-state index in [1.165, 1.54) is 0 Å². The maximum atomic E-state index is 6.01. The van der Waals surface area contributed by atoms with E-state index < -0.39 is 0 Å². The van der Waals surface area contributed by atoms with Crippen LogP contribution in [0.4, 0.5) is 11.5 Å². The lowest BCUT2D eigenvalue weighted by atomic mass is 9.92. The molecule has 2 aromatic carbocycles. The van der Waals surface area contributed by atoms with Crippen molar-refractivity contribution in [2.75, 3.05) is 25.1 Å². The van der Waals surface area contributed by atoms with E-state index in [0.29, 0.717) is 18.8 Å². The van der Waals surface area contributed by atoms with E-state index in [9.17, 15) is 0 Å². The maximum Gasteiger partial charge on any atom is 0.188 e. The van der Waals surface area contributed by atoms with E-state index in [-0.39, 0.29) is 5.54 Å². The van der Waals surface area contributed by atoms with Crippen LogP contribution >= 0.6 is 0 Å². The first-order valence-electron chi connectivity index (χ1n) is 12.6. The summed E-state index contributed by atoms with van der Waals surface area (Å²) in [6, 6.07) is 16.1. The number of aromatic nitrogens is 3. The Labute approximate surface area is 215 Å². The zero-order valence-electron chi connectivity index (χ0n) is 21.0. The molecule has 0 radical (unpaired) electrons. The first-order chi connectivity index (χ1) is 18.1. The van der Waals surface area contributed by atoms with Gasteiger partial charge in [-0.25, -0.2) is 15.0 Å². The van der Waals surface area contributed by atoms with Gasteiger partial charge in [-0.3, -0.25) is 4.98 Å². The minimum Gasteiger partial charge on any atom is -0.478 e. The molecule has 1 spiro atoms. The quantitative estimate of drug-likeness (QED) is 0.367. The Kier molecular flexibility index (Phi) is 6.18. The molecule has 1 N–H and O–H groups in total. The van der Waals surface area contributed by atoms with Gasteiger partial charge in [-0.2, -0.15) is 0 Å². The van der Waals surface area contributed by atoms with E-state index >= 15 is 0 Å². The number of aryl methyl sites for hydroxylation is 2. The minimum atomic E-state index is -0.107. The third-order valence-corrected chi connectivity index (χ3v) is 6.90. The van der Waals surface area contributed by atoms with Crippen molar-refractivity contribution in [1.82, 2.24) is 15.0 Å². The Morgan fingerprint density at radius 2 is 1.86 bits per heavy atom. The Balaban J connectivity index is 1.21. The molecule has 2 aromatic heterocycles. The van der Waals surface area contributed by atoms with Crippen molar-refractivity contribution in [3.63, 3.8) is 0 Å². The Hall–Kier alpha value is -4.04. The SMILES string of the molecule is Cc1ccc(Oc2ccc(Nc3ncnc4ccc(CC5=NC6(CCOCC6)CO5)cc34)cc2C)cn1. The van der Waals surface area contributed by atoms with E-state index in [0.717, 1.165) is 76.9 Å². The summed E-state index contributed by atoms with van der Waals surface area (Å²) in [6.07, 6.45) is 5.80. The van der Waals surface area contributed by atoms with Gasteiger partial charge in [-0.1, -0.05) is 6.07 Å². The molecule has 4 aromatic rings. The van der Waals surface area contributed by atoms with Crippen LogP contribution in [0.5, 0.6) is 11.5 Å². The average molecular weight is 496 g/mol. The van der Waals surface area contributed by atoms with Gasteiger partial charge in [0.2, 0.25) is 0 Å². The van der Waals surface area contributed by atoms with Crippen LogP contribution in [0.15, 0.2) is 66.0 Å². The van der Waals surface area contributed by atoms with Crippen LogP contribution in [0.3, 0.4) is 0 Å². The van der Waals surface area contributed by atoms with Gasteiger partial charge in [0.05, 0.1) is 11.7 Å². The fourth-order valence-electron chi connectivity index (χ4n) is 4.75. The molecule has 8 heteroatoms. The molecule has 0 amide bonds. The number of hydrogen-bond donors (Lipinski definition) is 1. The van der Waals surface area contributed by atoms with Gasteiger partial charge < -0.3 is 19.5 Å². The van der Waals surface area contributed by atoms with Gasteiger partial charge in [0.1, 0.15) is 35.8 Å². The summed E-state index contributed by atoms with van der Waals surface area (Å²) < 4.78 is 17.5. The van der Waals surface area contributed by atoms with E-state index in [1.807, 2.05) is 50.2 Å². The number of fused-ring (bicyclic) bond motifs is 1. The second-order valence-corrected chi connectivity index (χ2v) is 9.72. The number of ether oxygens (including phenoxy) is 3. The monoisotopic (exact) mass is 495 g/mol. The first kappa shape index (κ1) is 23.4. The molecule has 0 aliphatic carbocycles. The lowest BCUT2D eigenvalue weighted by Gasteiger charge is -2.28. The van der Waals surface area contributed by atoms with Gasteiger partial charge in [-0.15, -0.1) is 0 Å². The lowest BCUT2D eigenvalue weighted by molar-refractivity contribution is 0.0441. The Bertz CT molecular complexity index is 1460. The number of pyridine rings is 1. The number of anilines is 2.